The highest BCUT2D eigenvalue weighted by atomic mass is 19.1. The van der Waals surface area contributed by atoms with E-state index in [0.29, 0.717) is 18.7 Å². The summed E-state index contributed by atoms with van der Waals surface area (Å²) >= 11 is 0. The van der Waals surface area contributed by atoms with Gasteiger partial charge < -0.3 is 9.40 Å². The molecule has 0 saturated carbocycles. The molecule has 16 heavy (non-hydrogen) atoms. The number of hydrogen-bond acceptors (Lipinski definition) is 3. The molecule has 0 bridgehead atoms. The van der Waals surface area contributed by atoms with Gasteiger partial charge in [0, 0.05) is 12.4 Å². The number of rotatable bonds is 4. The molecule has 0 atom stereocenters. The van der Waals surface area contributed by atoms with Crippen LogP contribution in [0, 0.1) is 5.82 Å². The molecule has 0 fully saturated rings. The Morgan fingerprint density at radius 3 is 2.94 bits per heavy atom. The van der Waals surface area contributed by atoms with Crippen LogP contribution in [0.15, 0.2) is 36.9 Å². The molecule has 0 saturated heterocycles. The fraction of sp³-hybridized carbons (Fsp3) is 0.182. The Morgan fingerprint density at radius 2 is 2.31 bits per heavy atom. The van der Waals surface area contributed by atoms with Gasteiger partial charge in [-0.25, -0.2) is 15.3 Å². The summed E-state index contributed by atoms with van der Waals surface area (Å²) in [4.78, 5) is 8.32. The molecular formula is C11H12FN3O. The number of aromatic nitrogens is 2. The van der Waals surface area contributed by atoms with Crippen molar-refractivity contribution in [2.75, 3.05) is 6.61 Å². The van der Waals surface area contributed by atoms with Crippen molar-refractivity contribution in [1.29, 1.82) is 0 Å². The molecule has 2 rings (SSSR count). The van der Waals surface area contributed by atoms with E-state index in [0.717, 1.165) is 5.56 Å². The van der Waals surface area contributed by atoms with Gasteiger partial charge in [0.05, 0.1) is 18.6 Å². The summed E-state index contributed by atoms with van der Waals surface area (Å²) in [5.41, 5.74) is 1.33. The number of benzene rings is 1. The molecular weight excluding hydrogens is 209 g/mol. The Labute approximate surface area is 92.4 Å². The molecule has 4 nitrogen and oxygen atoms in total. The highest BCUT2D eigenvalue weighted by Gasteiger charge is 2.05. The number of hydrogen-bond donors (Lipinski definition) is 1. The fourth-order valence-electron chi connectivity index (χ4n) is 1.49. The molecule has 0 spiro atoms. The molecule has 2 N–H and O–H groups in total. The quantitative estimate of drug-likeness (QED) is 0.795. The Hall–Kier alpha value is -1.72. The fourth-order valence-corrected chi connectivity index (χ4v) is 1.49. The minimum absolute atomic E-state index is 0.285. The SMILES string of the molecule is NOCCc1ccc(-n2ccnc2)c(F)c1. The van der Waals surface area contributed by atoms with Crippen LogP contribution in [0.5, 0.6) is 0 Å². The number of nitrogens with zero attached hydrogens (tertiary/aromatic N) is 2. The van der Waals surface area contributed by atoms with Gasteiger partial charge >= 0.3 is 0 Å². The van der Waals surface area contributed by atoms with Crippen molar-refractivity contribution in [3.63, 3.8) is 0 Å². The standard InChI is InChI=1S/C11H12FN3O/c12-10-7-9(3-6-16-13)1-2-11(10)15-5-4-14-8-15/h1-2,4-5,7-8H,3,6,13H2. The molecule has 0 amide bonds. The highest BCUT2D eigenvalue weighted by Crippen LogP contribution is 2.15. The van der Waals surface area contributed by atoms with Crippen molar-refractivity contribution in [3.8, 4) is 5.69 Å². The van der Waals surface area contributed by atoms with Crippen LogP contribution in [0.4, 0.5) is 4.39 Å². The minimum Gasteiger partial charge on any atom is -0.304 e. The van der Waals surface area contributed by atoms with Crippen molar-refractivity contribution in [2.24, 2.45) is 5.90 Å². The topological polar surface area (TPSA) is 53.1 Å². The summed E-state index contributed by atoms with van der Waals surface area (Å²) in [6.45, 7) is 0.379. The first-order valence-electron chi connectivity index (χ1n) is 4.89. The normalized spacial score (nSPS) is 10.6. The van der Waals surface area contributed by atoms with E-state index in [1.165, 1.54) is 6.07 Å². The van der Waals surface area contributed by atoms with Crippen LogP contribution in [-0.4, -0.2) is 16.2 Å². The predicted octanol–water partition coefficient (Wildman–Crippen LogP) is 1.44. The summed E-state index contributed by atoms with van der Waals surface area (Å²) in [7, 11) is 0. The summed E-state index contributed by atoms with van der Waals surface area (Å²) in [6.07, 6.45) is 5.45. The van der Waals surface area contributed by atoms with Crippen molar-refractivity contribution < 1.29 is 9.23 Å². The average Bonchev–Trinajstić information content (AvgIpc) is 2.80. The first kappa shape index (κ1) is 10.8. The lowest BCUT2D eigenvalue weighted by Crippen LogP contribution is -2.04. The third-order valence-electron chi connectivity index (χ3n) is 2.30. The molecule has 0 radical (unpaired) electrons. The van der Waals surface area contributed by atoms with Gasteiger partial charge in [0.25, 0.3) is 0 Å². The molecule has 2 aromatic rings. The predicted molar refractivity (Wildman–Crippen MR) is 57.4 cm³/mol. The van der Waals surface area contributed by atoms with Gasteiger partial charge in [-0.3, -0.25) is 0 Å². The van der Waals surface area contributed by atoms with Gasteiger partial charge in [0.15, 0.2) is 0 Å². The highest BCUT2D eigenvalue weighted by molar-refractivity contribution is 5.36. The second-order valence-electron chi connectivity index (χ2n) is 3.38. The minimum atomic E-state index is -0.285. The molecule has 0 aliphatic heterocycles. The summed E-state index contributed by atoms with van der Waals surface area (Å²) < 4.78 is 15.3. The maximum Gasteiger partial charge on any atom is 0.147 e. The monoisotopic (exact) mass is 221 g/mol. The van der Waals surface area contributed by atoms with E-state index in [4.69, 9.17) is 5.90 Å². The zero-order valence-electron chi connectivity index (χ0n) is 8.64. The van der Waals surface area contributed by atoms with Crippen LogP contribution in [-0.2, 0) is 11.3 Å². The Morgan fingerprint density at radius 1 is 1.44 bits per heavy atom. The van der Waals surface area contributed by atoms with Crippen molar-refractivity contribution in [1.82, 2.24) is 9.55 Å². The lowest BCUT2D eigenvalue weighted by Gasteiger charge is -2.06. The van der Waals surface area contributed by atoms with Crippen LogP contribution >= 0.6 is 0 Å². The maximum atomic E-state index is 13.7. The zero-order valence-corrected chi connectivity index (χ0v) is 8.64. The van der Waals surface area contributed by atoms with Gasteiger partial charge in [0.2, 0.25) is 0 Å². The third-order valence-corrected chi connectivity index (χ3v) is 2.30. The second-order valence-corrected chi connectivity index (χ2v) is 3.38. The molecule has 5 heteroatoms. The van der Waals surface area contributed by atoms with Gasteiger partial charge in [-0.1, -0.05) is 6.07 Å². The van der Waals surface area contributed by atoms with E-state index in [1.807, 2.05) is 6.07 Å². The Bertz CT molecular complexity index is 456. The molecule has 1 aromatic carbocycles. The van der Waals surface area contributed by atoms with Gasteiger partial charge in [-0.2, -0.15) is 0 Å². The largest absolute Gasteiger partial charge is 0.304 e. The number of nitrogens with two attached hydrogens (primary N) is 1. The van der Waals surface area contributed by atoms with E-state index in [9.17, 15) is 4.39 Å². The molecule has 0 aliphatic rings. The Balaban J connectivity index is 2.23. The molecule has 1 aromatic heterocycles. The van der Waals surface area contributed by atoms with Crippen LogP contribution in [0.3, 0.4) is 0 Å². The maximum absolute atomic E-state index is 13.7. The van der Waals surface area contributed by atoms with E-state index in [2.05, 4.69) is 9.82 Å². The lowest BCUT2D eigenvalue weighted by molar-refractivity contribution is 0.141. The van der Waals surface area contributed by atoms with Gasteiger partial charge in [0.1, 0.15) is 5.82 Å². The lowest BCUT2D eigenvalue weighted by atomic mass is 10.1. The first-order valence-corrected chi connectivity index (χ1v) is 4.89. The van der Waals surface area contributed by atoms with Gasteiger partial charge in [-0.05, 0) is 24.1 Å². The third kappa shape index (κ3) is 2.26. The average molecular weight is 221 g/mol. The van der Waals surface area contributed by atoms with Gasteiger partial charge in [-0.15, -0.1) is 0 Å². The smallest absolute Gasteiger partial charge is 0.147 e. The summed E-state index contributed by atoms with van der Waals surface area (Å²) in [5, 5.41) is 0. The van der Waals surface area contributed by atoms with E-state index in [1.54, 1.807) is 29.4 Å². The van der Waals surface area contributed by atoms with E-state index >= 15 is 0 Å². The van der Waals surface area contributed by atoms with Crippen LogP contribution < -0.4 is 5.90 Å². The zero-order chi connectivity index (χ0) is 11.4. The first-order chi connectivity index (χ1) is 7.81. The van der Waals surface area contributed by atoms with E-state index < -0.39 is 0 Å². The molecule has 0 aliphatic carbocycles. The molecule has 0 unspecified atom stereocenters. The van der Waals surface area contributed by atoms with Crippen LogP contribution in [0.25, 0.3) is 5.69 Å². The Kier molecular flexibility index (Phi) is 3.28. The molecule has 1 heterocycles. The second kappa shape index (κ2) is 4.87. The van der Waals surface area contributed by atoms with Crippen molar-refractivity contribution in [3.05, 3.63) is 48.3 Å². The van der Waals surface area contributed by atoms with E-state index in [-0.39, 0.29) is 5.82 Å². The number of imidazole rings is 1. The molecule has 84 valence electrons. The van der Waals surface area contributed by atoms with Crippen LogP contribution in [0.1, 0.15) is 5.56 Å². The van der Waals surface area contributed by atoms with Crippen molar-refractivity contribution in [2.45, 2.75) is 6.42 Å². The van der Waals surface area contributed by atoms with Crippen LogP contribution in [0.2, 0.25) is 0 Å². The summed E-state index contributed by atoms with van der Waals surface area (Å²) in [6, 6.07) is 5.04. The number of halogens is 1. The summed E-state index contributed by atoms with van der Waals surface area (Å²) in [5.74, 6) is 4.63. The van der Waals surface area contributed by atoms with Crippen molar-refractivity contribution >= 4 is 0 Å².